The summed E-state index contributed by atoms with van der Waals surface area (Å²) in [5.41, 5.74) is 4.16. The number of aromatic nitrogens is 2. The molecule has 1 fully saturated rings. The number of nitrogens with zero attached hydrogens (tertiary/aromatic N) is 4. The first kappa shape index (κ1) is 25.8. The van der Waals surface area contributed by atoms with Crippen LogP contribution >= 0.6 is 0 Å². The third kappa shape index (κ3) is 6.03. The molecule has 3 heterocycles. The van der Waals surface area contributed by atoms with E-state index in [2.05, 4.69) is 27.2 Å². The van der Waals surface area contributed by atoms with E-state index in [1.54, 1.807) is 12.1 Å². The Morgan fingerprint density at radius 2 is 1.76 bits per heavy atom. The molecule has 2 aliphatic rings. The van der Waals surface area contributed by atoms with Crippen LogP contribution in [0, 0.1) is 5.92 Å². The number of sulfonamides is 1. The number of fused-ring (bicyclic) bond motifs is 1. The second-order valence-electron chi connectivity index (χ2n) is 9.84. The minimum absolute atomic E-state index is 0.172. The van der Waals surface area contributed by atoms with Gasteiger partial charge in [-0.1, -0.05) is 12.1 Å². The summed E-state index contributed by atoms with van der Waals surface area (Å²) < 4.78 is 61.4. The summed E-state index contributed by atoms with van der Waals surface area (Å²) in [5.74, 6) is 0.992. The van der Waals surface area contributed by atoms with Crippen molar-refractivity contribution in [3.8, 4) is 17.2 Å². The molecule has 12 heteroatoms. The first-order chi connectivity index (χ1) is 17.6. The topological polar surface area (TPSA) is 123 Å². The zero-order valence-electron chi connectivity index (χ0n) is 20.8. The number of rotatable bonds is 8. The summed E-state index contributed by atoms with van der Waals surface area (Å²) in [7, 11) is -6.70. The van der Waals surface area contributed by atoms with Crippen LogP contribution in [0.15, 0.2) is 52.1 Å². The van der Waals surface area contributed by atoms with Gasteiger partial charge in [0.15, 0.2) is 9.84 Å². The van der Waals surface area contributed by atoms with Crippen molar-refractivity contribution in [2.45, 2.75) is 37.4 Å². The second-order valence-corrected chi connectivity index (χ2v) is 13.8. The van der Waals surface area contributed by atoms with Gasteiger partial charge in [-0.05, 0) is 59.7 Å². The lowest BCUT2D eigenvalue weighted by Gasteiger charge is -2.30. The maximum Gasteiger partial charge on any atom is 0.247 e. The molecule has 0 saturated carbocycles. The average Bonchev–Trinajstić information content (AvgIpc) is 3.51. The van der Waals surface area contributed by atoms with E-state index in [1.807, 2.05) is 12.1 Å². The van der Waals surface area contributed by atoms with Crippen LogP contribution in [0.5, 0.6) is 5.75 Å². The van der Waals surface area contributed by atoms with Crippen molar-refractivity contribution in [1.29, 1.82) is 0 Å². The Morgan fingerprint density at radius 1 is 1.00 bits per heavy atom. The second kappa shape index (κ2) is 10.2. The van der Waals surface area contributed by atoms with Crippen LogP contribution in [0.4, 0.5) is 0 Å². The molecule has 0 atom stereocenters. The van der Waals surface area contributed by atoms with Gasteiger partial charge in [0.05, 0.1) is 12.9 Å². The molecule has 0 spiro atoms. The van der Waals surface area contributed by atoms with Crippen LogP contribution in [0.3, 0.4) is 0 Å². The average molecular weight is 547 g/mol. The zero-order chi connectivity index (χ0) is 26.2. The Bertz CT molecular complexity index is 1480. The molecular weight excluding hydrogens is 516 g/mol. The highest BCUT2D eigenvalue weighted by Gasteiger charge is 2.26. The van der Waals surface area contributed by atoms with E-state index in [1.165, 1.54) is 34.3 Å². The Labute approximate surface area is 217 Å². The smallest absolute Gasteiger partial charge is 0.247 e. The molecule has 10 nitrogen and oxygen atoms in total. The van der Waals surface area contributed by atoms with Gasteiger partial charge in [-0.15, -0.1) is 10.2 Å². The highest BCUT2D eigenvalue weighted by Crippen LogP contribution is 2.31. The van der Waals surface area contributed by atoms with E-state index in [4.69, 9.17) is 9.15 Å². The lowest BCUT2D eigenvalue weighted by molar-refractivity contribution is 0.183. The van der Waals surface area contributed by atoms with Crippen LogP contribution in [-0.4, -0.2) is 68.4 Å². The summed E-state index contributed by atoms with van der Waals surface area (Å²) in [6.45, 7) is 3.35. The van der Waals surface area contributed by atoms with Crippen LogP contribution in [0.1, 0.15) is 29.5 Å². The lowest BCUT2D eigenvalue weighted by Crippen LogP contribution is -2.39. The van der Waals surface area contributed by atoms with Crippen molar-refractivity contribution in [1.82, 2.24) is 19.4 Å². The first-order valence-electron chi connectivity index (χ1n) is 12.1. The van der Waals surface area contributed by atoms with Gasteiger partial charge in [0.2, 0.25) is 22.3 Å². The maximum absolute atomic E-state index is 12.6. The number of hydrogen-bond acceptors (Lipinski definition) is 9. The zero-order valence-corrected chi connectivity index (χ0v) is 22.5. The summed E-state index contributed by atoms with van der Waals surface area (Å²) >= 11 is 0. The Morgan fingerprint density at radius 3 is 2.43 bits per heavy atom. The fourth-order valence-electron chi connectivity index (χ4n) is 4.94. The van der Waals surface area contributed by atoms with Crippen LogP contribution in [-0.2, 0) is 39.5 Å². The molecular formula is C25H30N4O6S2. The Balaban J connectivity index is 1.24. The molecule has 0 aliphatic carbocycles. The molecule has 2 aromatic carbocycles. The number of piperidine rings is 1. The van der Waals surface area contributed by atoms with Gasteiger partial charge in [-0.2, -0.15) is 0 Å². The molecule has 2 aliphatic heterocycles. The number of sulfone groups is 1. The van der Waals surface area contributed by atoms with Crippen molar-refractivity contribution in [2.24, 2.45) is 5.92 Å². The fraction of sp³-hybridized carbons (Fsp3) is 0.440. The van der Waals surface area contributed by atoms with Crippen LogP contribution < -0.4 is 4.74 Å². The summed E-state index contributed by atoms with van der Waals surface area (Å²) in [4.78, 5) is 2.42. The van der Waals surface area contributed by atoms with E-state index >= 15 is 0 Å². The number of benzene rings is 2. The molecule has 0 amide bonds. The normalized spacial score (nSPS) is 17.7. The van der Waals surface area contributed by atoms with Crippen molar-refractivity contribution in [2.75, 3.05) is 32.2 Å². The van der Waals surface area contributed by atoms with Gasteiger partial charge >= 0.3 is 0 Å². The van der Waals surface area contributed by atoms with Crippen molar-refractivity contribution < 1.29 is 26.0 Å². The highest BCUT2D eigenvalue weighted by atomic mass is 32.2. The number of hydrogen-bond donors (Lipinski definition) is 0. The van der Waals surface area contributed by atoms with E-state index in [-0.39, 0.29) is 10.8 Å². The predicted molar refractivity (Wildman–Crippen MR) is 137 cm³/mol. The molecule has 198 valence electrons. The molecule has 0 bridgehead atoms. The maximum atomic E-state index is 12.6. The minimum Gasteiger partial charge on any atom is -0.492 e. The molecule has 0 unspecified atom stereocenters. The fourth-order valence-corrected chi connectivity index (χ4v) is 6.67. The van der Waals surface area contributed by atoms with Crippen LogP contribution in [0.2, 0.25) is 0 Å². The molecule has 0 radical (unpaired) electrons. The molecule has 1 saturated heterocycles. The molecule has 5 rings (SSSR count). The van der Waals surface area contributed by atoms with Crippen molar-refractivity contribution in [3.05, 3.63) is 59.5 Å². The standard InChI is InChI=1S/C25H30N4O6S2/c1-36(30,31)24-11-19(3-6-23(24)34-16-18-7-9-29(10-8-18)37(2,32)33)13-28-14-21-5-4-20(12-22(21)15-28)25-27-26-17-35-25/h3-6,11-12,17-18H,7-10,13-16H2,1-2H3. The predicted octanol–water partition coefficient (Wildman–Crippen LogP) is 2.71. The first-order valence-corrected chi connectivity index (χ1v) is 15.8. The van der Waals surface area contributed by atoms with Gasteiger partial charge in [0.25, 0.3) is 0 Å². The van der Waals surface area contributed by atoms with E-state index in [0.717, 1.165) is 24.2 Å². The monoisotopic (exact) mass is 546 g/mol. The number of ether oxygens (including phenoxy) is 1. The summed E-state index contributed by atoms with van der Waals surface area (Å²) in [6, 6.07) is 11.4. The molecule has 0 N–H and O–H groups in total. The minimum atomic E-state index is -3.51. The molecule has 3 aromatic rings. The van der Waals surface area contributed by atoms with Gasteiger partial charge < -0.3 is 9.15 Å². The summed E-state index contributed by atoms with van der Waals surface area (Å²) in [6.07, 6.45) is 5.09. The Kier molecular flexibility index (Phi) is 7.10. The quantitative estimate of drug-likeness (QED) is 0.420. The van der Waals surface area contributed by atoms with Gasteiger partial charge in [-0.3, -0.25) is 4.90 Å². The SMILES string of the molecule is CS(=O)(=O)c1cc(CN2Cc3ccc(-c4nnco4)cc3C2)ccc1OCC1CCN(S(C)(=O)=O)CC1. The van der Waals surface area contributed by atoms with E-state index < -0.39 is 19.9 Å². The van der Waals surface area contributed by atoms with Crippen molar-refractivity contribution >= 4 is 19.9 Å². The van der Waals surface area contributed by atoms with E-state index in [0.29, 0.717) is 50.7 Å². The summed E-state index contributed by atoms with van der Waals surface area (Å²) in [5, 5.41) is 7.71. The molecule has 1 aromatic heterocycles. The van der Waals surface area contributed by atoms with Crippen molar-refractivity contribution in [3.63, 3.8) is 0 Å². The van der Waals surface area contributed by atoms with E-state index in [9.17, 15) is 16.8 Å². The van der Waals surface area contributed by atoms with Gasteiger partial charge in [0, 0.05) is 44.5 Å². The van der Waals surface area contributed by atoms with Crippen LogP contribution in [0.25, 0.3) is 11.5 Å². The largest absolute Gasteiger partial charge is 0.492 e. The third-order valence-corrected chi connectivity index (χ3v) is 9.35. The lowest BCUT2D eigenvalue weighted by atomic mass is 9.99. The molecule has 37 heavy (non-hydrogen) atoms. The van der Waals surface area contributed by atoms with Gasteiger partial charge in [-0.25, -0.2) is 21.1 Å². The third-order valence-electron chi connectivity index (χ3n) is 6.93. The Hall–Kier alpha value is -2.80. The highest BCUT2D eigenvalue weighted by molar-refractivity contribution is 7.90. The van der Waals surface area contributed by atoms with Gasteiger partial charge in [0.1, 0.15) is 10.6 Å².